The van der Waals surface area contributed by atoms with Crippen LogP contribution < -0.4 is 10.6 Å². The topological polar surface area (TPSA) is 41.6 Å². The van der Waals surface area contributed by atoms with Crippen molar-refractivity contribution in [1.29, 1.82) is 0 Å². The van der Waals surface area contributed by atoms with Crippen LogP contribution in [0.5, 0.6) is 0 Å². The zero-order chi connectivity index (χ0) is 14.7. The zero-order valence-corrected chi connectivity index (χ0v) is 11.7. The molecule has 3 nitrogen and oxygen atoms in total. The van der Waals surface area contributed by atoms with Crippen LogP contribution in [-0.2, 0) is 6.42 Å². The predicted molar refractivity (Wildman–Crippen MR) is 79.6 cm³/mol. The van der Waals surface area contributed by atoms with E-state index in [1.165, 1.54) is 12.4 Å². The van der Waals surface area contributed by atoms with E-state index >= 15 is 0 Å². The minimum Gasteiger partial charge on any atom is -0.404 e. The third-order valence-corrected chi connectivity index (χ3v) is 3.60. The van der Waals surface area contributed by atoms with Gasteiger partial charge in [0.15, 0.2) is 0 Å². The molecule has 0 unspecified atom stereocenters. The number of rotatable bonds is 3. The highest BCUT2D eigenvalue weighted by molar-refractivity contribution is 6.10. The lowest BCUT2D eigenvalue weighted by atomic mass is 9.92. The van der Waals surface area contributed by atoms with Gasteiger partial charge >= 0.3 is 0 Å². The summed E-state index contributed by atoms with van der Waals surface area (Å²) >= 11 is 0. The van der Waals surface area contributed by atoms with Crippen LogP contribution in [0.3, 0.4) is 0 Å². The summed E-state index contributed by atoms with van der Waals surface area (Å²) in [6.45, 7) is 0.894. The Morgan fingerprint density at radius 2 is 2.20 bits per heavy atom. The molecule has 108 valence electrons. The van der Waals surface area contributed by atoms with Gasteiger partial charge in [-0.2, -0.15) is 0 Å². The lowest BCUT2D eigenvalue weighted by molar-refractivity contribution is 0.151. The molecule has 1 aromatic carbocycles. The SMILES string of the molecule is CN=CC(=CN)c1cc2c(cc1C(F)F)N(C)CCC2. The van der Waals surface area contributed by atoms with E-state index < -0.39 is 6.43 Å². The third-order valence-electron chi connectivity index (χ3n) is 3.60. The molecule has 0 saturated carbocycles. The van der Waals surface area contributed by atoms with Gasteiger partial charge in [0.25, 0.3) is 6.43 Å². The minimum atomic E-state index is -2.54. The monoisotopic (exact) mass is 279 g/mol. The molecule has 0 amide bonds. The normalized spacial score (nSPS) is 16.1. The predicted octanol–water partition coefficient (Wildman–Crippen LogP) is 3.01. The van der Waals surface area contributed by atoms with E-state index in [1.54, 1.807) is 13.1 Å². The van der Waals surface area contributed by atoms with Gasteiger partial charge in [-0.15, -0.1) is 0 Å². The third kappa shape index (κ3) is 2.66. The summed E-state index contributed by atoms with van der Waals surface area (Å²) in [6.07, 6.45) is 2.23. The van der Waals surface area contributed by atoms with Crippen molar-refractivity contribution in [3.8, 4) is 0 Å². The van der Waals surface area contributed by atoms with E-state index in [2.05, 4.69) is 4.99 Å². The molecule has 0 atom stereocenters. The van der Waals surface area contributed by atoms with Crippen LogP contribution in [0, 0.1) is 0 Å². The van der Waals surface area contributed by atoms with Crippen molar-refractivity contribution < 1.29 is 8.78 Å². The highest BCUT2D eigenvalue weighted by Crippen LogP contribution is 2.36. The Balaban J connectivity index is 2.61. The number of halogens is 2. The van der Waals surface area contributed by atoms with Gasteiger partial charge in [-0.05, 0) is 36.1 Å². The second-order valence-electron chi connectivity index (χ2n) is 4.90. The first kappa shape index (κ1) is 14.5. The first-order valence-corrected chi connectivity index (χ1v) is 6.59. The number of nitrogens with two attached hydrogens (primary N) is 1. The van der Waals surface area contributed by atoms with Gasteiger partial charge in [0.2, 0.25) is 0 Å². The van der Waals surface area contributed by atoms with Crippen molar-refractivity contribution in [3.05, 3.63) is 35.0 Å². The number of aliphatic imine (C=N–C) groups is 1. The van der Waals surface area contributed by atoms with Crippen molar-refractivity contribution in [2.45, 2.75) is 19.3 Å². The fraction of sp³-hybridized carbons (Fsp3) is 0.400. The first-order chi connectivity index (χ1) is 9.58. The second kappa shape index (κ2) is 6.03. The number of alkyl halides is 2. The number of nitrogens with zero attached hydrogens (tertiary/aromatic N) is 2. The molecule has 2 rings (SSSR count). The van der Waals surface area contributed by atoms with Crippen molar-refractivity contribution in [2.24, 2.45) is 10.7 Å². The molecule has 2 N–H and O–H groups in total. The average molecular weight is 279 g/mol. The molecule has 0 fully saturated rings. The molecule has 1 aliphatic heterocycles. The molecule has 1 aliphatic rings. The Bertz CT molecular complexity index is 550. The Labute approximate surface area is 117 Å². The van der Waals surface area contributed by atoms with Gasteiger partial charge < -0.3 is 10.6 Å². The van der Waals surface area contributed by atoms with E-state index in [4.69, 9.17) is 5.73 Å². The van der Waals surface area contributed by atoms with Gasteiger partial charge in [0.05, 0.1) is 0 Å². The average Bonchev–Trinajstić information content (AvgIpc) is 2.44. The largest absolute Gasteiger partial charge is 0.404 e. The van der Waals surface area contributed by atoms with Crippen molar-refractivity contribution in [3.63, 3.8) is 0 Å². The van der Waals surface area contributed by atoms with Crippen LogP contribution in [0.1, 0.15) is 29.5 Å². The molecule has 0 bridgehead atoms. The lowest BCUT2D eigenvalue weighted by Gasteiger charge is -2.29. The van der Waals surface area contributed by atoms with Crippen LogP contribution in [0.4, 0.5) is 14.5 Å². The summed E-state index contributed by atoms with van der Waals surface area (Å²) in [5.74, 6) is 0. The fourth-order valence-electron chi connectivity index (χ4n) is 2.60. The Morgan fingerprint density at radius 1 is 1.45 bits per heavy atom. The standard InChI is InChI=1S/C15H19F2N3/c1-19-9-11(8-18)12-6-10-4-3-5-20(2)14(10)7-13(12)15(16)17/h6-9,15H,3-5,18H2,1-2H3. The molecule has 1 aromatic rings. The number of fused-ring (bicyclic) bond motifs is 1. The summed E-state index contributed by atoms with van der Waals surface area (Å²) in [6, 6.07) is 3.41. The van der Waals surface area contributed by atoms with E-state index in [-0.39, 0.29) is 5.56 Å². The van der Waals surface area contributed by atoms with E-state index in [0.29, 0.717) is 11.1 Å². The van der Waals surface area contributed by atoms with Crippen LogP contribution in [0.2, 0.25) is 0 Å². The van der Waals surface area contributed by atoms with Crippen molar-refractivity contribution in [1.82, 2.24) is 0 Å². The van der Waals surface area contributed by atoms with E-state index in [0.717, 1.165) is 30.6 Å². The van der Waals surface area contributed by atoms with Gasteiger partial charge in [-0.1, -0.05) is 0 Å². The number of aryl methyl sites for hydroxylation is 1. The molecule has 0 radical (unpaired) electrons. The number of allylic oxidation sites excluding steroid dienone is 1. The molecule has 1 heterocycles. The maximum atomic E-state index is 13.3. The summed E-state index contributed by atoms with van der Waals surface area (Å²) in [5, 5.41) is 0. The second-order valence-corrected chi connectivity index (χ2v) is 4.90. The van der Waals surface area contributed by atoms with Gasteiger partial charge in [0.1, 0.15) is 0 Å². The maximum absolute atomic E-state index is 13.3. The summed E-state index contributed by atoms with van der Waals surface area (Å²) in [7, 11) is 3.53. The number of hydrogen-bond donors (Lipinski definition) is 1. The Hall–Kier alpha value is -1.91. The minimum absolute atomic E-state index is 0.00843. The number of benzene rings is 1. The smallest absolute Gasteiger partial charge is 0.264 e. The van der Waals surface area contributed by atoms with Crippen molar-refractivity contribution >= 4 is 17.5 Å². The maximum Gasteiger partial charge on any atom is 0.264 e. The van der Waals surface area contributed by atoms with Gasteiger partial charge in [-0.25, -0.2) is 8.78 Å². The fourth-order valence-corrected chi connectivity index (χ4v) is 2.60. The molecular weight excluding hydrogens is 260 g/mol. The van der Waals surface area contributed by atoms with Crippen LogP contribution in [-0.4, -0.2) is 26.9 Å². The summed E-state index contributed by atoms with van der Waals surface area (Å²) in [5.41, 5.74) is 8.54. The summed E-state index contributed by atoms with van der Waals surface area (Å²) < 4.78 is 26.7. The van der Waals surface area contributed by atoms with Gasteiger partial charge in [0, 0.05) is 49.9 Å². The van der Waals surface area contributed by atoms with Crippen LogP contribution >= 0.6 is 0 Å². The Kier molecular flexibility index (Phi) is 4.37. The molecule has 20 heavy (non-hydrogen) atoms. The molecule has 0 saturated heterocycles. The zero-order valence-electron chi connectivity index (χ0n) is 11.7. The molecule has 5 heteroatoms. The van der Waals surface area contributed by atoms with Gasteiger partial charge in [-0.3, -0.25) is 4.99 Å². The molecular formula is C15H19F2N3. The molecule has 0 aromatic heterocycles. The highest BCUT2D eigenvalue weighted by atomic mass is 19.3. The van der Waals surface area contributed by atoms with Crippen LogP contribution in [0.25, 0.3) is 5.57 Å². The van der Waals surface area contributed by atoms with Crippen molar-refractivity contribution in [2.75, 3.05) is 25.5 Å². The first-order valence-electron chi connectivity index (χ1n) is 6.59. The number of anilines is 1. The van der Waals surface area contributed by atoms with Crippen LogP contribution in [0.15, 0.2) is 23.3 Å². The Morgan fingerprint density at radius 3 is 2.80 bits per heavy atom. The quantitative estimate of drug-likeness (QED) is 0.864. The van der Waals surface area contributed by atoms with E-state index in [9.17, 15) is 8.78 Å². The number of hydrogen-bond acceptors (Lipinski definition) is 3. The van der Waals surface area contributed by atoms with E-state index in [1.807, 2.05) is 18.0 Å². The molecule has 0 spiro atoms. The lowest BCUT2D eigenvalue weighted by Crippen LogP contribution is -2.25. The highest BCUT2D eigenvalue weighted by Gasteiger charge is 2.22. The molecule has 0 aliphatic carbocycles. The summed E-state index contributed by atoms with van der Waals surface area (Å²) in [4.78, 5) is 5.90.